The molecule has 1 aliphatic heterocycles. The van der Waals surface area contributed by atoms with Gasteiger partial charge in [0, 0.05) is 34.8 Å². The minimum atomic E-state index is -0.784. The van der Waals surface area contributed by atoms with Gasteiger partial charge in [0.25, 0.3) is 11.7 Å². The number of hydrogen-bond acceptors (Lipinski definition) is 4. The predicted octanol–water partition coefficient (Wildman–Crippen LogP) is 4.98. The standard InChI is InChI=1S/C28H23FN2O4/c1-35-20-12-8-18(9-13-20)26(32)24-25(22-16-30-23-5-3-2-4-21(22)23)31(28(34)27(24)33)15-14-17-6-10-19(29)11-7-17/h2-13,16,25,30,32H,14-15H2,1H3/b26-24+. The number of Topliss-reactive ketones (excluding diaryl/α,β-unsaturated/α-hetero) is 1. The second kappa shape index (κ2) is 9.10. The van der Waals surface area contributed by atoms with Crippen LogP contribution in [0.1, 0.15) is 22.7 Å². The summed E-state index contributed by atoms with van der Waals surface area (Å²) >= 11 is 0. The largest absolute Gasteiger partial charge is 0.507 e. The van der Waals surface area contributed by atoms with Gasteiger partial charge in [0.05, 0.1) is 18.7 Å². The summed E-state index contributed by atoms with van der Waals surface area (Å²) in [5.74, 6) is -1.40. The molecule has 176 valence electrons. The van der Waals surface area contributed by atoms with Crippen LogP contribution in [0.4, 0.5) is 4.39 Å². The van der Waals surface area contributed by atoms with E-state index in [9.17, 15) is 19.1 Å². The molecule has 1 aliphatic rings. The SMILES string of the molecule is COc1ccc(/C(O)=C2\C(=O)C(=O)N(CCc3ccc(F)cc3)C2c2c[nH]c3ccccc23)cc1. The summed E-state index contributed by atoms with van der Waals surface area (Å²) < 4.78 is 18.5. The molecule has 1 saturated heterocycles. The van der Waals surface area contributed by atoms with Gasteiger partial charge in [-0.3, -0.25) is 9.59 Å². The molecule has 1 aromatic heterocycles. The van der Waals surface area contributed by atoms with Crippen LogP contribution >= 0.6 is 0 Å². The number of para-hydroxylation sites is 1. The molecule has 1 fully saturated rings. The first-order valence-electron chi connectivity index (χ1n) is 11.2. The summed E-state index contributed by atoms with van der Waals surface area (Å²) in [6.45, 7) is 0.222. The van der Waals surface area contributed by atoms with Gasteiger partial charge in [0.2, 0.25) is 0 Å². The lowest BCUT2D eigenvalue weighted by Crippen LogP contribution is -2.31. The fourth-order valence-corrected chi connectivity index (χ4v) is 4.56. The van der Waals surface area contributed by atoms with E-state index in [1.807, 2.05) is 24.3 Å². The molecule has 5 rings (SSSR count). The third-order valence-electron chi connectivity index (χ3n) is 6.37. The first-order chi connectivity index (χ1) is 17.0. The van der Waals surface area contributed by atoms with Gasteiger partial charge in [0.15, 0.2) is 0 Å². The lowest BCUT2D eigenvalue weighted by molar-refractivity contribution is -0.139. The molecule has 35 heavy (non-hydrogen) atoms. The third kappa shape index (κ3) is 4.05. The zero-order valence-corrected chi connectivity index (χ0v) is 19.0. The van der Waals surface area contributed by atoms with Crippen LogP contribution < -0.4 is 4.74 Å². The van der Waals surface area contributed by atoms with E-state index in [0.717, 1.165) is 16.5 Å². The topological polar surface area (TPSA) is 82.6 Å². The Morgan fingerprint density at radius 3 is 2.46 bits per heavy atom. The van der Waals surface area contributed by atoms with Crippen molar-refractivity contribution in [2.75, 3.05) is 13.7 Å². The van der Waals surface area contributed by atoms with E-state index >= 15 is 0 Å². The highest BCUT2D eigenvalue weighted by atomic mass is 19.1. The fraction of sp³-hybridized carbons (Fsp3) is 0.143. The molecule has 1 amide bonds. The smallest absolute Gasteiger partial charge is 0.295 e. The molecule has 1 unspecified atom stereocenters. The van der Waals surface area contributed by atoms with Crippen LogP contribution in [0.3, 0.4) is 0 Å². The number of benzene rings is 3. The maximum atomic E-state index is 13.3. The molecule has 0 radical (unpaired) electrons. The first-order valence-corrected chi connectivity index (χ1v) is 11.2. The number of methoxy groups -OCH3 is 1. The van der Waals surface area contributed by atoms with Gasteiger partial charge in [0.1, 0.15) is 17.3 Å². The van der Waals surface area contributed by atoms with E-state index < -0.39 is 17.7 Å². The number of amides is 1. The third-order valence-corrected chi connectivity index (χ3v) is 6.37. The number of aliphatic hydroxyl groups excluding tert-OH is 1. The minimum absolute atomic E-state index is 0.0315. The zero-order valence-electron chi connectivity index (χ0n) is 19.0. The molecule has 0 spiro atoms. The minimum Gasteiger partial charge on any atom is -0.507 e. The molecule has 1 atom stereocenters. The van der Waals surface area contributed by atoms with Gasteiger partial charge in [-0.15, -0.1) is 0 Å². The van der Waals surface area contributed by atoms with Crippen LogP contribution in [0.5, 0.6) is 5.75 Å². The van der Waals surface area contributed by atoms with Crippen molar-refractivity contribution in [1.82, 2.24) is 9.88 Å². The van der Waals surface area contributed by atoms with Gasteiger partial charge >= 0.3 is 0 Å². The van der Waals surface area contributed by atoms with E-state index in [-0.39, 0.29) is 23.7 Å². The highest BCUT2D eigenvalue weighted by Crippen LogP contribution is 2.42. The van der Waals surface area contributed by atoms with Crippen LogP contribution in [-0.4, -0.2) is 40.3 Å². The van der Waals surface area contributed by atoms with E-state index in [0.29, 0.717) is 23.3 Å². The first kappa shape index (κ1) is 22.4. The van der Waals surface area contributed by atoms with Crippen molar-refractivity contribution in [1.29, 1.82) is 0 Å². The van der Waals surface area contributed by atoms with Crippen molar-refractivity contribution in [2.45, 2.75) is 12.5 Å². The zero-order chi connectivity index (χ0) is 24.5. The maximum Gasteiger partial charge on any atom is 0.295 e. The van der Waals surface area contributed by atoms with Crippen molar-refractivity contribution in [3.8, 4) is 5.75 Å². The van der Waals surface area contributed by atoms with Crippen molar-refractivity contribution in [3.63, 3.8) is 0 Å². The van der Waals surface area contributed by atoms with Crippen LogP contribution in [0, 0.1) is 5.82 Å². The van der Waals surface area contributed by atoms with E-state index in [1.54, 1.807) is 49.7 Å². The Bertz CT molecular complexity index is 1440. The Labute approximate surface area is 201 Å². The van der Waals surface area contributed by atoms with Crippen molar-refractivity contribution in [3.05, 3.63) is 107 Å². The Morgan fingerprint density at radius 2 is 1.74 bits per heavy atom. The average molecular weight is 471 g/mol. The summed E-state index contributed by atoms with van der Waals surface area (Å²) in [4.78, 5) is 31.1. The lowest BCUT2D eigenvalue weighted by atomic mass is 9.94. The summed E-state index contributed by atoms with van der Waals surface area (Å²) in [6, 6.07) is 19.5. The molecule has 3 aromatic carbocycles. The second-order valence-electron chi connectivity index (χ2n) is 8.39. The molecule has 0 bridgehead atoms. The number of aliphatic hydroxyl groups is 1. The number of aromatic nitrogens is 1. The van der Waals surface area contributed by atoms with Crippen molar-refractivity contribution >= 4 is 28.4 Å². The predicted molar refractivity (Wildman–Crippen MR) is 130 cm³/mol. The van der Waals surface area contributed by atoms with Gasteiger partial charge in [-0.2, -0.15) is 0 Å². The Kier molecular flexibility index (Phi) is 5.82. The number of fused-ring (bicyclic) bond motifs is 1. The highest BCUT2D eigenvalue weighted by Gasteiger charge is 2.46. The number of rotatable bonds is 6. The normalized spacial score (nSPS) is 17.3. The number of aromatic amines is 1. The molecule has 6 nitrogen and oxygen atoms in total. The summed E-state index contributed by atoms with van der Waals surface area (Å²) in [5.41, 5.74) is 2.85. The summed E-state index contributed by atoms with van der Waals surface area (Å²) in [7, 11) is 1.54. The number of nitrogens with zero attached hydrogens (tertiary/aromatic N) is 1. The van der Waals surface area contributed by atoms with Gasteiger partial charge < -0.3 is 19.7 Å². The average Bonchev–Trinajstić information content (AvgIpc) is 3.42. The number of H-pyrrole nitrogens is 1. The molecular weight excluding hydrogens is 447 g/mol. The number of carbonyl (C=O) groups is 2. The van der Waals surface area contributed by atoms with Gasteiger partial charge in [-0.25, -0.2) is 4.39 Å². The Balaban J connectivity index is 1.61. The summed E-state index contributed by atoms with van der Waals surface area (Å²) in [6.07, 6.45) is 2.20. The number of nitrogens with one attached hydrogen (secondary N) is 1. The summed E-state index contributed by atoms with van der Waals surface area (Å²) in [5, 5.41) is 12.1. The van der Waals surface area contributed by atoms with Gasteiger partial charge in [-0.05, 0) is 54.4 Å². The Hall–Kier alpha value is -4.39. The Morgan fingerprint density at radius 1 is 1.03 bits per heavy atom. The molecule has 0 aliphatic carbocycles. The van der Waals surface area contributed by atoms with Crippen molar-refractivity contribution in [2.24, 2.45) is 0 Å². The fourth-order valence-electron chi connectivity index (χ4n) is 4.56. The quantitative estimate of drug-likeness (QED) is 0.237. The second-order valence-corrected chi connectivity index (χ2v) is 8.39. The maximum absolute atomic E-state index is 13.3. The van der Waals surface area contributed by atoms with Crippen LogP contribution in [-0.2, 0) is 16.0 Å². The van der Waals surface area contributed by atoms with Crippen LogP contribution in [0.15, 0.2) is 84.6 Å². The number of ketones is 1. The van der Waals surface area contributed by atoms with E-state index in [2.05, 4.69) is 4.98 Å². The number of hydrogen-bond donors (Lipinski definition) is 2. The lowest BCUT2D eigenvalue weighted by Gasteiger charge is -2.25. The van der Waals surface area contributed by atoms with Crippen LogP contribution in [0.25, 0.3) is 16.7 Å². The monoisotopic (exact) mass is 470 g/mol. The molecule has 0 saturated carbocycles. The molecule has 2 heterocycles. The number of ether oxygens (including phenoxy) is 1. The number of likely N-dealkylation sites (tertiary alicyclic amines) is 1. The molecule has 2 N–H and O–H groups in total. The number of carbonyl (C=O) groups excluding carboxylic acids is 2. The van der Waals surface area contributed by atoms with E-state index in [1.165, 1.54) is 17.0 Å². The molecule has 4 aromatic rings. The van der Waals surface area contributed by atoms with E-state index in [4.69, 9.17) is 4.74 Å². The van der Waals surface area contributed by atoms with Gasteiger partial charge in [-0.1, -0.05) is 30.3 Å². The molecular formula is C28H23FN2O4. The van der Waals surface area contributed by atoms with Crippen molar-refractivity contribution < 1.29 is 23.8 Å². The van der Waals surface area contributed by atoms with Crippen LogP contribution in [0.2, 0.25) is 0 Å². The molecule has 7 heteroatoms. The number of halogens is 1. The highest BCUT2D eigenvalue weighted by molar-refractivity contribution is 6.46.